The molecule has 0 saturated heterocycles. The van der Waals surface area contributed by atoms with Gasteiger partial charge in [0.15, 0.2) is 0 Å². The molecular formula is C26H16N2. The van der Waals surface area contributed by atoms with Gasteiger partial charge < -0.3 is 4.40 Å². The molecule has 0 aliphatic rings. The number of para-hydroxylation sites is 1. The number of fused-ring (bicyclic) bond motifs is 9. The molecule has 0 radical (unpaired) electrons. The second kappa shape index (κ2) is 5.34. The molecule has 0 fully saturated rings. The van der Waals surface area contributed by atoms with E-state index in [-0.39, 0.29) is 0 Å². The van der Waals surface area contributed by atoms with Gasteiger partial charge in [-0.05, 0) is 65.0 Å². The Labute approximate surface area is 161 Å². The van der Waals surface area contributed by atoms with Crippen LogP contribution in [0.2, 0.25) is 0 Å². The van der Waals surface area contributed by atoms with Crippen LogP contribution in [0, 0.1) is 18.3 Å². The standard InChI is InChI=1S/C26H16N2/c1-16-10-25-23(13-20(16)15-27)21-11-17-6-2-3-7-18(17)12-22(21)26-14-19-8-4-5-9-24(19)28(25)26/h2-14H,1H3. The van der Waals surface area contributed by atoms with Crippen LogP contribution in [0.3, 0.4) is 0 Å². The van der Waals surface area contributed by atoms with Gasteiger partial charge in [0.05, 0.1) is 28.2 Å². The Morgan fingerprint density at radius 1 is 0.643 bits per heavy atom. The van der Waals surface area contributed by atoms with Crippen LogP contribution in [0.15, 0.2) is 78.9 Å². The van der Waals surface area contributed by atoms with Gasteiger partial charge in [0.2, 0.25) is 0 Å². The third-order valence-electron chi connectivity index (χ3n) is 5.87. The van der Waals surface area contributed by atoms with Crippen molar-refractivity contribution < 1.29 is 0 Å². The number of rotatable bonds is 0. The highest BCUT2D eigenvalue weighted by Gasteiger charge is 2.14. The van der Waals surface area contributed by atoms with E-state index in [0.29, 0.717) is 0 Å². The molecule has 2 aromatic heterocycles. The lowest BCUT2D eigenvalue weighted by molar-refractivity contribution is 1.32. The first-order valence-electron chi connectivity index (χ1n) is 9.44. The fourth-order valence-corrected chi connectivity index (χ4v) is 4.50. The number of pyridine rings is 1. The smallest absolute Gasteiger partial charge is 0.0994 e. The molecule has 2 nitrogen and oxygen atoms in total. The van der Waals surface area contributed by atoms with Crippen LogP contribution in [-0.2, 0) is 0 Å². The fourth-order valence-electron chi connectivity index (χ4n) is 4.50. The third kappa shape index (κ3) is 1.91. The fraction of sp³-hybridized carbons (Fsp3) is 0.0385. The Morgan fingerprint density at radius 3 is 2.00 bits per heavy atom. The minimum absolute atomic E-state index is 0.734. The zero-order valence-corrected chi connectivity index (χ0v) is 15.4. The number of hydrogen-bond acceptors (Lipinski definition) is 1. The summed E-state index contributed by atoms with van der Waals surface area (Å²) in [7, 11) is 0. The van der Waals surface area contributed by atoms with E-state index in [1.165, 1.54) is 38.0 Å². The maximum absolute atomic E-state index is 9.61. The number of benzene rings is 4. The summed E-state index contributed by atoms with van der Waals surface area (Å²) in [5.74, 6) is 0. The van der Waals surface area contributed by atoms with Crippen molar-refractivity contribution in [1.29, 1.82) is 5.26 Å². The summed E-state index contributed by atoms with van der Waals surface area (Å²) in [6, 6.07) is 30.4. The summed E-state index contributed by atoms with van der Waals surface area (Å²) >= 11 is 0. The van der Waals surface area contributed by atoms with E-state index in [4.69, 9.17) is 0 Å². The summed E-state index contributed by atoms with van der Waals surface area (Å²) in [5.41, 5.74) is 5.29. The molecule has 2 heteroatoms. The van der Waals surface area contributed by atoms with E-state index in [1.54, 1.807) is 0 Å². The number of nitrogens with zero attached hydrogens (tertiary/aromatic N) is 2. The van der Waals surface area contributed by atoms with E-state index >= 15 is 0 Å². The van der Waals surface area contributed by atoms with Crippen LogP contribution in [-0.4, -0.2) is 4.40 Å². The molecule has 4 aromatic carbocycles. The molecule has 130 valence electrons. The molecule has 0 atom stereocenters. The van der Waals surface area contributed by atoms with Gasteiger partial charge in [0.1, 0.15) is 0 Å². The number of aryl methyl sites for hydroxylation is 1. The highest BCUT2D eigenvalue weighted by atomic mass is 14.9. The third-order valence-corrected chi connectivity index (χ3v) is 5.87. The van der Waals surface area contributed by atoms with Gasteiger partial charge in [-0.3, -0.25) is 0 Å². The Balaban J connectivity index is 2.00. The van der Waals surface area contributed by atoms with E-state index in [9.17, 15) is 5.26 Å². The molecule has 0 bridgehead atoms. The lowest BCUT2D eigenvalue weighted by atomic mass is 9.97. The minimum Gasteiger partial charge on any atom is -0.309 e. The first-order valence-corrected chi connectivity index (χ1v) is 9.44. The topological polar surface area (TPSA) is 28.2 Å². The van der Waals surface area contributed by atoms with E-state index < -0.39 is 0 Å². The molecule has 6 aromatic rings. The van der Waals surface area contributed by atoms with E-state index in [2.05, 4.69) is 89.3 Å². The molecule has 0 amide bonds. The average Bonchev–Trinajstić information content (AvgIpc) is 3.12. The van der Waals surface area contributed by atoms with Crippen LogP contribution in [0.1, 0.15) is 11.1 Å². The van der Waals surface area contributed by atoms with Crippen molar-refractivity contribution >= 4 is 48.9 Å². The van der Waals surface area contributed by atoms with Crippen molar-refractivity contribution in [2.24, 2.45) is 0 Å². The second-order valence-corrected chi connectivity index (χ2v) is 7.46. The first kappa shape index (κ1) is 15.2. The molecule has 6 rings (SSSR count). The lowest BCUT2D eigenvalue weighted by Gasteiger charge is -2.13. The molecule has 0 spiro atoms. The summed E-state index contributed by atoms with van der Waals surface area (Å²) in [5, 5.41) is 16.8. The number of hydrogen-bond donors (Lipinski definition) is 0. The van der Waals surface area contributed by atoms with Crippen molar-refractivity contribution in [1.82, 2.24) is 4.40 Å². The quantitative estimate of drug-likeness (QED) is 0.219. The van der Waals surface area contributed by atoms with Crippen LogP contribution >= 0.6 is 0 Å². The molecule has 0 unspecified atom stereocenters. The molecule has 28 heavy (non-hydrogen) atoms. The lowest BCUT2D eigenvalue weighted by Crippen LogP contribution is -1.94. The normalized spacial score (nSPS) is 11.7. The molecule has 2 heterocycles. The summed E-state index contributed by atoms with van der Waals surface area (Å²) < 4.78 is 2.34. The van der Waals surface area contributed by atoms with Crippen LogP contribution in [0.5, 0.6) is 0 Å². The monoisotopic (exact) mass is 356 g/mol. The molecule has 0 saturated carbocycles. The summed E-state index contributed by atoms with van der Waals surface area (Å²) in [6.45, 7) is 2.01. The largest absolute Gasteiger partial charge is 0.309 e. The van der Waals surface area contributed by atoms with Crippen molar-refractivity contribution in [3.63, 3.8) is 0 Å². The van der Waals surface area contributed by atoms with Crippen LogP contribution in [0.4, 0.5) is 0 Å². The van der Waals surface area contributed by atoms with Gasteiger partial charge in [-0.15, -0.1) is 0 Å². The maximum Gasteiger partial charge on any atom is 0.0994 e. The van der Waals surface area contributed by atoms with Gasteiger partial charge in [-0.1, -0.05) is 42.5 Å². The van der Waals surface area contributed by atoms with Gasteiger partial charge in [0.25, 0.3) is 0 Å². The minimum atomic E-state index is 0.734. The Kier molecular flexibility index (Phi) is 2.91. The van der Waals surface area contributed by atoms with Crippen molar-refractivity contribution in [2.75, 3.05) is 0 Å². The second-order valence-electron chi connectivity index (χ2n) is 7.46. The van der Waals surface area contributed by atoms with E-state index in [1.807, 2.05) is 6.92 Å². The highest BCUT2D eigenvalue weighted by Crippen LogP contribution is 2.37. The molecule has 0 N–H and O–H groups in total. The SMILES string of the molecule is Cc1cc2c(cc1C#N)c1cc3ccccc3cc1c1cc3ccccc3n21. The maximum atomic E-state index is 9.61. The average molecular weight is 356 g/mol. The molecule has 0 aliphatic heterocycles. The zero-order valence-electron chi connectivity index (χ0n) is 15.4. The van der Waals surface area contributed by atoms with Gasteiger partial charge >= 0.3 is 0 Å². The van der Waals surface area contributed by atoms with Crippen molar-refractivity contribution in [3.8, 4) is 6.07 Å². The Hall–Kier alpha value is -3.83. The first-order chi connectivity index (χ1) is 13.7. The van der Waals surface area contributed by atoms with Gasteiger partial charge in [-0.25, -0.2) is 0 Å². The molecular weight excluding hydrogens is 340 g/mol. The summed E-state index contributed by atoms with van der Waals surface area (Å²) in [4.78, 5) is 0. The number of aromatic nitrogens is 1. The van der Waals surface area contributed by atoms with Crippen LogP contribution < -0.4 is 0 Å². The molecule has 0 aliphatic carbocycles. The predicted molar refractivity (Wildman–Crippen MR) is 117 cm³/mol. The summed E-state index contributed by atoms with van der Waals surface area (Å²) in [6.07, 6.45) is 0. The number of nitriles is 1. The Bertz CT molecular complexity index is 1630. The van der Waals surface area contributed by atoms with Gasteiger partial charge in [-0.2, -0.15) is 5.26 Å². The Morgan fingerprint density at radius 2 is 1.25 bits per heavy atom. The van der Waals surface area contributed by atoms with Crippen molar-refractivity contribution in [2.45, 2.75) is 6.92 Å². The highest BCUT2D eigenvalue weighted by molar-refractivity contribution is 6.19. The van der Waals surface area contributed by atoms with Gasteiger partial charge in [0, 0.05) is 16.2 Å². The van der Waals surface area contributed by atoms with Crippen molar-refractivity contribution in [3.05, 3.63) is 90.0 Å². The van der Waals surface area contributed by atoms with Crippen LogP contribution in [0.25, 0.3) is 48.9 Å². The van der Waals surface area contributed by atoms with E-state index in [0.717, 1.165) is 22.0 Å². The zero-order chi connectivity index (χ0) is 18.8. The predicted octanol–water partition coefficient (Wildman–Crippen LogP) is 6.73.